The van der Waals surface area contributed by atoms with Crippen molar-refractivity contribution in [3.8, 4) is 11.4 Å². The number of benzene rings is 1. The number of piperidine rings is 1. The third-order valence-electron chi connectivity index (χ3n) is 5.56. The first-order chi connectivity index (χ1) is 13.9. The van der Waals surface area contributed by atoms with Gasteiger partial charge in [-0.25, -0.2) is 0 Å². The highest BCUT2D eigenvalue weighted by molar-refractivity contribution is 5.80. The summed E-state index contributed by atoms with van der Waals surface area (Å²) in [6.45, 7) is 4.22. The van der Waals surface area contributed by atoms with Crippen molar-refractivity contribution in [2.45, 2.75) is 52.1 Å². The molecule has 2 N–H and O–H groups in total. The molecule has 1 aromatic carbocycles. The van der Waals surface area contributed by atoms with Crippen molar-refractivity contribution < 1.29 is 24.3 Å². The van der Waals surface area contributed by atoms with Crippen LogP contribution < -0.4 is 0 Å². The lowest BCUT2D eigenvalue weighted by Gasteiger charge is -2.43. The van der Waals surface area contributed by atoms with Gasteiger partial charge in [-0.05, 0) is 25.8 Å². The predicted molar refractivity (Wildman–Crippen MR) is 105 cm³/mol. The number of rotatable bonds is 7. The molecular weight excluding hydrogens is 374 g/mol. The van der Waals surface area contributed by atoms with E-state index in [1.807, 2.05) is 38.1 Å². The summed E-state index contributed by atoms with van der Waals surface area (Å²) in [7, 11) is 0. The van der Waals surface area contributed by atoms with Gasteiger partial charge in [0.05, 0.1) is 6.10 Å². The lowest BCUT2D eigenvalue weighted by molar-refractivity contribution is -0.166. The second kappa shape index (κ2) is 8.73. The second-order valence-electron chi connectivity index (χ2n) is 7.71. The highest BCUT2D eigenvalue weighted by Gasteiger charge is 2.49. The largest absolute Gasteiger partial charge is 0.481 e. The van der Waals surface area contributed by atoms with E-state index in [0.29, 0.717) is 31.1 Å². The minimum Gasteiger partial charge on any atom is -0.481 e. The van der Waals surface area contributed by atoms with Gasteiger partial charge in [0, 0.05) is 31.5 Å². The zero-order chi connectivity index (χ0) is 21.0. The Hall–Kier alpha value is -2.74. The number of hydrogen-bond donors (Lipinski definition) is 2. The van der Waals surface area contributed by atoms with E-state index in [4.69, 9.17) is 4.52 Å². The van der Waals surface area contributed by atoms with Crippen molar-refractivity contribution in [2.75, 3.05) is 13.1 Å². The minimum atomic E-state index is -1.30. The number of aliphatic hydroxyl groups is 1. The molecule has 0 spiro atoms. The number of carboxylic acid groups (broad SMARTS) is 1. The maximum Gasteiger partial charge on any atom is 0.314 e. The monoisotopic (exact) mass is 401 g/mol. The number of carbonyl (C=O) groups is 2. The Morgan fingerprint density at radius 3 is 2.86 bits per heavy atom. The Morgan fingerprint density at radius 1 is 1.38 bits per heavy atom. The molecule has 0 saturated carbocycles. The average Bonchev–Trinajstić information content (AvgIpc) is 3.17. The molecule has 0 unspecified atom stereocenters. The number of aryl methyl sites for hydroxylation is 2. The van der Waals surface area contributed by atoms with Crippen LogP contribution in [0, 0.1) is 12.3 Å². The molecule has 1 saturated heterocycles. The first kappa shape index (κ1) is 21.0. The number of amides is 1. The van der Waals surface area contributed by atoms with Crippen LogP contribution in [0.5, 0.6) is 0 Å². The molecule has 8 nitrogen and oxygen atoms in total. The topological polar surface area (TPSA) is 117 Å². The Balaban J connectivity index is 1.63. The molecule has 1 aliphatic heterocycles. The quantitative estimate of drug-likeness (QED) is 0.732. The first-order valence-electron chi connectivity index (χ1n) is 9.94. The zero-order valence-corrected chi connectivity index (χ0v) is 16.8. The summed E-state index contributed by atoms with van der Waals surface area (Å²) >= 11 is 0. The molecule has 1 aliphatic rings. The fourth-order valence-corrected chi connectivity index (χ4v) is 3.93. The van der Waals surface area contributed by atoms with Gasteiger partial charge in [-0.2, -0.15) is 4.98 Å². The fraction of sp³-hybridized carbons (Fsp3) is 0.524. The maximum absolute atomic E-state index is 12.7. The van der Waals surface area contributed by atoms with Crippen molar-refractivity contribution in [1.82, 2.24) is 15.0 Å². The molecule has 0 aliphatic carbocycles. The predicted octanol–water partition coefficient (Wildman–Crippen LogP) is 2.44. The van der Waals surface area contributed by atoms with Crippen LogP contribution in [0.15, 0.2) is 28.8 Å². The van der Waals surface area contributed by atoms with Gasteiger partial charge in [0.15, 0.2) is 0 Å². The van der Waals surface area contributed by atoms with Crippen LogP contribution in [0.2, 0.25) is 0 Å². The van der Waals surface area contributed by atoms with Crippen molar-refractivity contribution in [3.63, 3.8) is 0 Å². The van der Waals surface area contributed by atoms with Crippen LogP contribution >= 0.6 is 0 Å². The van der Waals surface area contributed by atoms with Crippen LogP contribution in [0.25, 0.3) is 11.4 Å². The van der Waals surface area contributed by atoms with E-state index in [0.717, 1.165) is 11.1 Å². The number of carboxylic acids is 1. The highest BCUT2D eigenvalue weighted by atomic mass is 16.5. The zero-order valence-electron chi connectivity index (χ0n) is 16.8. The summed E-state index contributed by atoms with van der Waals surface area (Å²) in [5, 5.41) is 24.0. The Kier molecular flexibility index (Phi) is 6.32. The number of aliphatic hydroxyl groups excluding tert-OH is 1. The number of aromatic nitrogens is 2. The lowest BCUT2D eigenvalue weighted by Crippen LogP contribution is -2.57. The Morgan fingerprint density at radius 2 is 2.17 bits per heavy atom. The molecule has 2 aromatic rings. The van der Waals surface area contributed by atoms with E-state index < -0.39 is 17.5 Å². The van der Waals surface area contributed by atoms with Gasteiger partial charge in [-0.15, -0.1) is 0 Å². The molecule has 3 rings (SSSR count). The summed E-state index contributed by atoms with van der Waals surface area (Å²) in [4.78, 5) is 30.4. The molecule has 2 heterocycles. The molecule has 1 fully saturated rings. The summed E-state index contributed by atoms with van der Waals surface area (Å²) in [6, 6.07) is 7.75. The molecular formula is C21H27N3O5. The van der Waals surface area contributed by atoms with Crippen molar-refractivity contribution in [1.29, 1.82) is 0 Å². The van der Waals surface area contributed by atoms with Crippen molar-refractivity contribution in [3.05, 3.63) is 35.7 Å². The number of likely N-dealkylation sites (tertiary alicyclic amines) is 1. The number of carbonyl (C=O) groups excluding carboxylic acids is 1. The fourth-order valence-electron chi connectivity index (χ4n) is 3.93. The van der Waals surface area contributed by atoms with Crippen molar-refractivity contribution in [2.24, 2.45) is 5.41 Å². The second-order valence-corrected chi connectivity index (χ2v) is 7.71. The molecule has 0 bridgehead atoms. The molecule has 1 amide bonds. The van der Waals surface area contributed by atoms with E-state index in [-0.39, 0.29) is 31.7 Å². The van der Waals surface area contributed by atoms with Gasteiger partial charge in [-0.1, -0.05) is 42.3 Å². The number of aliphatic carboxylic acids is 1. The van der Waals surface area contributed by atoms with Gasteiger partial charge in [-0.3, -0.25) is 9.59 Å². The standard InChI is InChI=1S/C21H27N3O5/c1-3-10-21(20(27)28)13-24(11-9-16(21)25)18(26)8-7-17-22-19(23-29-17)15-6-4-5-14(2)12-15/h4-6,12,16,25H,3,7-11,13H2,1-2H3,(H,27,28)/t16-,21-/m0/s1. The van der Waals surface area contributed by atoms with Gasteiger partial charge in [0.1, 0.15) is 5.41 Å². The molecule has 2 atom stereocenters. The third-order valence-corrected chi connectivity index (χ3v) is 5.56. The van der Waals surface area contributed by atoms with E-state index in [9.17, 15) is 19.8 Å². The Bertz CT molecular complexity index is 881. The van der Waals surface area contributed by atoms with Crippen LogP contribution in [0.3, 0.4) is 0 Å². The van der Waals surface area contributed by atoms with Gasteiger partial charge < -0.3 is 19.6 Å². The molecule has 1 aromatic heterocycles. The maximum atomic E-state index is 12.7. The summed E-state index contributed by atoms with van der Waals surface area (Å²) in [6.07, 6.45) is 0.691. The number of nitrogens with zero attached hydrogens (tertiary/aromatic N) is 3. The third kappa shape index (κ3) is 4.48. The summed E-state index contributed by atoms with van der Waals surface area (Å²) in [5.41, 5.74) is 0.637. The van der Waals surface area contributed by atoms with Gasteiger partial charge in [0.2, 0.25) is 17.6 Å². The van der Waals surface area contributed by atoms with Gasteiger partial charge >= 0.3 is 5.97 Å². The molecule has 8 heteroatoms. The number of hydrogen-bond acceptors (Lipinski definition) is 6. The van der Waals surface area contributed by atoms with Crippen LogP contribution in [0.4, 0.5) is 0 Å². The van der Waals surface area contributed by atoms with E-state index in [2.05, 4.69) is 10.1 Å². The average molecular weight is 401 g/mol. The summed E-state index contributed by atoms with van der Waals surface area (Å²) < 4.78 is 5.27. The SMILES string of the molecule is CCC[C@]1(C(=O)O)CN(C(=O)CCc2nc(-c3cccc(C)c3)no2)CC[C@@H]1O. The van der Waals surface area contributed by atoms with Crippen LogP contribution in [-0.4, -0.2) is 56.3 Å². The smallest absolute Gasteiger partial charge is 0.314 e. The highest BCUT2D eigenvalue weighted by Crippen LogP contribution is 2.35. The van der Waals surface area contributed by atoms with E-state index in [1.165, 1.54) is 4.90 Å². The van der Waals surface area contributed by atoms with Gasteiger partial charge in [0.25, 0.3) is 0 Å². The summed E-state index contributed by atoms with van der Waals surface area (Å²) in [5.74, 6) is -0.381. The molecule has 0 radical (unpaired) electrons. The normalized spacial score (nSPS) is 21.9. The van der Waals surface area contributed by atoms with E-state index in [1.54, 1.807) is 0 Å². The van der Waals surface area contributed by atoms with Crippen LogP contribution in [0.1, 0.15) is 44.1 Å². The van der Waals surface area contributed by atoms with E-state index >= 15 is 0 Å². The first-order valence-corrected chi connectivity index (χ1v) is 9.94. The van der Waals surface area contributed by atoms with Crippen LogP contribution in [-0.2, 0) is 16.0 Å². The molecule has 29 heavy (non-hydrogen) atoms. The van der Waals surface area contributed by atoms with Crippen molar-refractivity contribution >= 4 is 11.9 Å². The lowest BCUT2D eigenvalue weighted by atomic mass is 9.74. The molecule has 156 valence electrons. The minimum absolute atomic E-state index is 0.0224. The Labute approximate surface area is 169 Å².